The molecule has 0 aliphatic carbocycles. The van der Waals surface area contributed by atoms with E-state index in [1.807, 2.05) is 0 Å². The van der Waals surface area contributed by atoms with Crippen LogP contribution in [0.2, 0.25) is 0 Å². The summed E-state index contributed by atoms with van der Waals surface area (Å²) in [6.45, 7) is 8.28. The van der Waals surface area contributed by atoms with Crippen molar-refractivity contribution in [2.24, 2.45) is 0 Å². The van der Waals surface area contributed by atoms with E-state index in [0.717, 1.165) is 0 Å². The molecule has 0 aromatic heterocycles. The average Bonchev–Trinajstić information content (AvgIpc) is 2.07. The summed E-state index contributed by atoms with van der Waals surface area (Å²) in [5.74, 6) is 0. The molecule has 65 valence electrons. The lowest BCUT2D eigenvalue weighted by Gasteiger charge is -2.26. The van der Waals surface area contributed by atoms with Gasteiger partial charge in [0.25, 0.3) is 0 Å². The van der Waals surface area contributed by atoms with Gasteiger partial charge in [-0.25, -0.2) is 0 Å². The van der Waals surface area contributed by atoms with Gasteiger partial charge in [-0.3, -0.25) is 0 Å². The maximum absolute atomic E-state index is 3.35. The van der Waals surface area contributed by atoms with Gasteiger partial charge < -0.3 is 10.2 Å². The van der Waals surface area contributed by atoms with E-state index in [0.29, 0.717) is 0 Å². The third-order valence-corrected chi connectivity index (χ3v) is 2.15. The highest BCUT2D eigenvalue weighted by molar-refractivity contribution is 4.70. The van der Waals surface area contributed by atoms with Crippen molar-refractivity contribution in [3.63, 3.8) is 0 Å². The molecule has 0 amide bonds. The molecule has 0 aromatic carbocycles. The zero-order chi connectivity index (χ0) is 7.94. The fourth-order valence-electron chi connectivity index (χ4n) is 1.41. The van der Waals surface area contributed by atoms with Gasteiger partial charge in [-0.1, -0.05) is 13.3 Å². The minimum Gasteiger partial charge on any atom is -0.314 e. The van der Waals surface area contributed by atoms with E-state index in [4.69, 9.17) is 0 Å². The second-order valence-electron chi connectivity index (χ2n) is 3.08. The molecule has 0 saturated carbocycles. The van der Waals surface area contributed by atoms with E-state index in [2.05, 4.69) is 23.6 Å². The molecule has 1 N–H and O–H groups in total. The largest absolute Gasteiger partial charge is 0.314 e. The summed E-state index contributed by atoms with van der Waals surface area (Å²) in [5, 5.41) is 3.35. The first-order valence-corrected chi connectivity index (χ1v) is 4.68. The highest BCUT2D eigenvalue weighted by atomic mass is 15.2. The van der Waals surface area contributed by atoms with Gasteiger partial charge in [-0.05, 0) is 19.4 Å². The number of unbranched alkanes of at least 4 members (excludes halogenated alkanes) is 2. The van der Waals surface area contributed by atoms with Crippen LogP contribution < -0.4 is 5.32 Å². The zero-order valence-corrected chi connectivity index (χ0v) is 7.47. The van der Waals surface area contributed by atoms with Gasteiger partial charge in [0, 0.05) is 26.2 Å². The molecule has 11 heavy (non-hydrogen) atoms. The zero-order valence-electron chi connectivity index (χ0n) is 7.47. The van der Waals surface area contributed by atoms with E-state index < -0.39 is 0 Å². The molecule has 1 aliphatic rings. The minimum atomic E-state index is 1.17. The fraction of sp³-hybridized carbons (Fsp3) is 0.889. The lowest BCUT2D eigenvalue weighted by Crippen LogP contribution is -2.43. The normalized spacial score (nSPS) is 20.5. The third-order valence-electron chi connectivity index (χ3n) is 2.15. The SMILES string of the molecule is CC[CH]CCN1CCNCC1. The molecule has 1 aliphatic heterocycles. The highest BCUT2D eigenvalue weighted by Gasteiger charge is 2.07. The number of hydrogen-bond donors (Lipinski definition) is 1. The molecule has 1 fully saturated rings. The predicted molar refractivity (Wildman–Crippen MR) is 48.5 cm³/mol. The number of nitrogens with one attached hydrogen (secondary N) is 1. The predicted octanol–water partition coefficient (Wildman–Crippen LogP) is 0.896. The average molecular weight is 155 g/mol. The van der Waals surface area contributed by atoms with Crippen LogP contribution in [-0.2, 0) is 0 Å². The maximum Gasteiger partial charge on any atom is 0.0107 e. The van der Waals surface area contributed by atoms with Crippen molar-refractivity contribution < 1.29 is 0 Å². The lowest BCUT2D eigenvalue weighted by molar-refractivity contribution is 0.243. The van der Waals surface area contributed by atoms with Crippen LogP contribution in [-0.4, -0.2) is 37.6 Å². The number of nitrogens with zero attached hydrogens (tertiary/aromatic N) is 1. The molecule has 1 radical (unpaired) electrons. The summed E-state index contributed by atoms with van der Waals surface area (Å²) in [7, 11) is 0. The van der Waals surface area contributed by atoms with Crippen LogP contribution in [0.4, 0.5) is 0 Å². The van der Waals surface area contributed by atoms with E-state index in [1.165, 1.54) is 45.6 Å². The first kappa shape index (κ1) is 9.01. The summed E-state index contributed by atoms with van der Waals surface area (Å²) >= 11 is 0. The molecule has 2 nitrogen and oxygen atoms in total. The number of piperazine rings is 1. The van der Waals surface area contributed by atoms with Crippen LogP contribution in [0.5, 0.6) is 0 Å². The lowest BCUT2D eigenvalue weighted by atomic mass is 10.2. The molecule has 1 rings (SSSR count). The number of hydrogen-bond acceptors (Lipinski definition) is 2. The van der Waals surface area contributed by atoms with Gasteiger partial charge in [-0.2, -0.15) is 0 Å². The van der Waals surface area contributed by atoms with Crippen molar-refractivity contribution in [1.82, 2.24) is 10.2 Å². The summed E-state index contributed by atoms with van der Waals surface area (Å²) in [5.41, 5.74) is 0. The molecule has 0 unspecified atom stereocenters. The van der Waals surface area contributed by atoms with Crippen molar-refractivity contribution in [3.8, 4) is 0 Å². The summed E-state index contributed by atoms with van der Waals surface area (Å²) < 4.78 is 0. The number of rotatable bonds is 4. The van der Waals surface area contributed by atoms with Crippen LogP contribution in [0.1, 0.15) is 19.8 Å². The van der Waals surface area contributed by atoms with E-state index >= 15 is 0 Å². The summed E-state index contributed by atoms with van der Waals surface area (Å²) in [4.78, 5) is 2.53. The Morgan fingerprint density at radius 1 is 1.36 bits per heavy atom. The van der Waals surface area contributed by atoms with Crippen molar-refractivity contribution in [2.45, 2.75) is 19.8 Å². The Kier molecular flexibility index (Phi) is 4.55. The van der Waals surface area contributed by atoms with Crippen molar-refractivity contribution in [1.29, 1.82) is 0 Å². The van der Waals surface area contributed by atoms with E-state index in [1.54, 1.807) is 0 Å². The Balaban J connectivity index is 1.96. The molecular formula is C9H19N2. The highest BCUT2D eigenvalue weighted by Crippen LogP contribution is 1.97. The second-order valence-corrected chi connectivity index (χ2v) is 3.08. The fourth-order valence-corrected chi connectivity index (χ4v) is 1.41. The summed E-state index contributed by atoms with van der Waals surface area (Å²) in [6, 6.07) is 0. The topological polar surface area (TPSA) is 15.3 Å². The van der Waals surface area contributed by atoms with Gasteiger partial charge in [0.2, 0.25) is 0 Å². The van der Waals surface area contributed by atoms with Crippen molar-refractivity contribution >= 4 is 0 Å². The smallest absolute Gasteiger partial charge is 0.0107 e. The van der Waals surface area contributed by atoms with Crippen molar-refractivity contribution in [2.75, 3.05) is 32.7 Å². The Morgan fingerprint density at radius 2 is 2.09 bits per heavy atom. The molecule has 1 heterocycles. The van der Waals surface area contributed by atoms with Crippen molar-refractivity contribution in [3.05, 3.63) is 6.42 Å². The molecule has 0 bridgehead atoms. The quantitative estimate of drug-likeness (QED) is 0.607. The van der Waals surface area contributed by atoms with Gasteiger partial charge in [0.15, 0.2) is 0 Å². The van der Waals surface area contributed by atoms with Gasteiger partial charge >= 0.3 is 0 Å². The monoisotopic (exact) mass is 155 g/mol. The van der Waals surface area contributed by atoms with Crippen LogP contribution in [0, 0.1) is 6.42 Å². The van der Waals surface area contributed by atoms with Crippen LogP contribution in [0.3, 0.4) is 0 Å². The first-order chi connectivity index (χ1) is 5.43. The Labute approximate surface area is 70.0 Å². The molecular weight excluding hydrogens is 136 g/mol. The van der Waals surface area contributed by atoms with Crippen LogP contribution >= 0.6 is 0 Å². The van der Waals surface area contributed by atoms with Crippen LogP contribution in [0.25, 0.3) is 0 Å². The van der Waals surface area contributed by atoms with Gasteiger partial charge in [0.05, 0.1) is 0 Å². The van der Waals surface area contributed by atoms with Gasteiger partial charge in [-0.15, -0.1) is 0 Å². The minimum absolute atomic E-state index is 1.17. The molecule has 1 saturated heterocycles. The molecule has 2 heteroatoms. The molecule has 0 spiro atoms. The Morgan fingerprint density at radius 3 is 2.73 bits per heavy atom. The van der Waals surface area contributed by atoms with E-state index in [-0.39, 0.29) is 0 Å². The Bertz CT molecular complexity index is 87.6. The molecule has 0 aromatic rings. The van der Waals surface area contributed by atoms with Gasteiger partial charge in [0.1, 0.15) is 0 Å². The maximum atomic E-state index is 3.35. The van der Waals surface area contributed by atoms with Crippen LogP contribution in [0.15, 0.2) is 0 Å². The third kappa shape index (κ3) is 3.73. The first-order valence-electron chi connectivity index (χ1n) is 4.68. The summed E-state index contributed by atoms with van der Waals surface area (Å²) in [6.07, 6.45) is 4.84. The second kappa shape index (κ2) is 5.56. The molecule has 0 atom stereocenters. The van der Waals surface area contributed by atoms with E-state index in [9.17, 15) is 0 Å². The standard InChI is InChI=1S/C9H19N2/c1-2-3-4-7-11-8-5-10-6-9-11/h3,10H,2,4-9H2,1H3. The Hall–Kier alpha value is -0.0800.